The molecule has 0 atom stereocenters. The number of benzene rings is 1. The molecule has 6 heteroatoms. The molecule has 0 unspecified atom stereocenters. The minimum Gasteiger partial charge on any atom is -0.357 e. The fourth-order valence-corrected chi connectivity index (χ4v) is 3.35. The topological polar surface area (TPSA) is 75.7 Å². The van der Waals surface area contributed by atoms with E-state index in [0.29, 0.717) is 50.6 Å². The van der Waals surface area contributed by atoms with E-state index in [-0.39, 0.29) is 5.56 Å². The highest BCUT2D eigenvalue weighted by Gasteiger charge is 2.27. The first kappa shape index (κ1) is 18.3. The summed E-state index contributed by atoms with van der Waals surface area (Å²) in [7, 11) is 0. The maximum absolute atomic E-state index is 14.7. The maximum Gasteiger partial charge on any atom is 0.134 e. The molecule has 0 bridgehead atoms. The van der Waals surface area contributed by atoms with Crippen LogP contribution in [0.3, 0.4) is 0 Å². The van der Waals surface area contributed by atoms with Gasteiger partial charge in [0.1, 0.15) is 23.8 Å². The van der Waals surface area contributed by atoms with E-state index < -0.39 is 11.6 Å². The molecule has 1 N–H and O–H groups in total. The molecule has 27 heavy (non-hydrogen) atoms. The van der Waals surface area contributed by atoms with Gasteiger partial charge >= 0.3 is 0 Å². The molecule has 0 radical (unpaired) electrons. The largest absolute Gasteiger partial charge is 0.357 e. The summed E-state index contributed by atoms with van der Waals surface area (Å²) in [6, 6.07) is 7.58. The Bertz CT molecular complexity index is 1150. The monoisotopic (exact) mass is 362 g/mol. The van der Waals surface area contributed by atoms with E-state index in [1.165, 1.54) is 12.1 Å². The zero-order valence-corrected chi connectivity index (χ0v) is 15.3. The Morgan fingerprint density at radius 2 is 1.78 bits per heavy atom. The fraction of sp³-hybridized carbons (Fsp3) is 0.190. The van der Waals surface area contributed by atoms with Gasteiger partial charge < -0.3 is 4.98 Å². The summed E-state index contributed by atoms with van der Waals surface area (Å²) in [5.41, 5.74) is 4.83. The van der Waals surface area contributed by atoms with Crippen molar-refractivity contribution >= 4 is 11.3 Å². The van der Waals surface area contributed by atoms with Crippen LogP contribution in [0, 0.1) is 48.1 Å². The van der Waals surface area contributed by atoms with E-state index >= 15 is 0 Å². The van der Waals surface area contributed by atoms with Crippen LogP contribution in [0.1, 0.15) is 41.9 Å². The van der Waals surface area contributed by atoms with Crippen molar-refractivity contribution in [1.29, 1.82) is 10.5 Å². The molecule has 2 aromatic rings. The first-order chi connectivity index (χ1) is 12.8. The Kier molecular flexibility index (Phi) is 4.51. The van der Waals surface area contributed by atoms with Gasteiger partial charge in [-0.1, -0.05) is 0 Å². The lowest BCUT2D eigenvalue weighted by Crippen LogP contribution is -2.00. The van der Waals surface area contributed by atoms with Crippen molar-refractivity contribution < 1.29 is 8.78 Å². The lowest BCUT2D eigenvalue weighted by atomic mass is 9.94. The Labute approximate surface area is 155 Å². The third-order valence-corrected chi connectivity index (χ3v) is 4.72. The van der Waals surface area contributed by atoms with Gasteiger partial charge in [0, 0.05) is 22.9 Å². The number of nitrogens with zero attached hydrogens (tertiary/aromatic N) is 3. The highest BCUT2D eigenvalue weighted by molar-refractivity contribution is 6.08. The Balaban J connectivity index is 2.45. The molecule has 0 amide bonds. The average molecular weight is 362 g/mol. The van der Waals surface area contributed by atoms with E-state index in [2.05, 4.69) is 22.1 Å². The lowest BCUT2D eigenvalue weighted by molar-refractivity contribution is 0.581. The highest BCUT2D eigenvalue weighted by atomic mass is 19.1. The van der Waals surface area contributed by atoms with E-state index in [1.54, 1.807) is 27.7 Å². The van der Waals surface area contributed by atoms with Crippen LogP contribution in [0.25, 0.3) is 5.57 Å². The van der Waals surface area contributed by atoms with Gasteiger partial charge in [0.15, 0.2) is 0 Å². The Hall–Kier alpha value is -3.51. The molecule has 0 aliphatic carbocycles. The Morgan fingerprint density at radius 3 is 2.30 bits per heavy atom. The number of hydrogen-bond donors (Lipinski definition) is 1. The molecule has 2 heterocycles. The first-order valence-corrected chi connectivity index (χ1v) is 8.26. The van der Waals surface area contributed by atoms with Crippen molar-refractivity contribution in [2.24, 2.45) is 4.99 Å². The van der Waals surface area contributed by atoms with Crippen LogP contribution in [0.5, 0.6) is 0 Å². The van der Waals surface area contributed by atoms with E-state index in [9.17, 15) is 19.3 Å². The second-order valence-electron chi connectivity index (χ2n) is 6.39. The first-order valence-electron chi connectivity index (χ1n) is 8.26. The summed E-state index contributed by atoms with van der Waals surface area (Å²) in [5.74, 6) is -1.43. The zero-order valence-electron chi connectivity index (χ0n) is 15.3. The molecule has 1 aliphatic heterocycles. The third kappa shape index (κ3) is 2.86. The number of aromatic nitrogens is 1. The summed E-state index contributed by atoms with van der Waals surface area (Å²) in [6.45, 7) is 6.97. The minimum absolute atomic E-state index is 0.148. The third-order valence-electron chi connectivity index (χ3n) is 4.72. The quantitative estimate of drug-likeness (QED) is 0.829. The lowest BCUT2D eigenvalue weighted by Gasteiger charge is -2.13. The van der Waals surface area contributed by atoms with Gasteiger partial charge in [-0.05, 0) is 51.0 Å². The number of halogens is 2. The summed E-state index contributed by atoms with van der Waals surface area (Å²) in [6.07, 6.45) is 0. The maximum atomic E-state index is 14.7. The van der Waals surface area contributed by atoms with Crippen molar-refractivity contribution in [2.75, 3.05) is 0 Å². The number of allylic oxidation sites excluding steroid dienone is 2. The summed E-state index contributed by atoms with van der Waals surface area (Å²) >= 11 is 0. The molecule has 4 nitrogen and oxygen atoms in total. The molecule has 0 saturated heterocycles. The van der Waals surface area contributed by atoms with Crippen LogP contribution >= 0.6 is 0 Å². The fourth-order valence-electron chi connectivity index (χ4n) is 3.35. The number of H-pyrrole nitrogens is 1. The summed E-state index contributed by atoms with van der Waals surface area (Å²) < 4.78 is 28.1. The van der Waals surface area contributed by atoms with Crippen LogP contribution < -0.4 is 0 Å². The smallest absolute Gasteiger partial charge is 0.134 e. The average Bonchev–Trinajstić information content (AvgIpc) is 3.05. The number of aryl methyl sites for hydroxylation is 1. The molecule has 1 aliphatic rings. The zero-order chi connectivity index (χ0) is 19.9. The second kappa shape index (κ2) is 6.66. The van der Waals surface area contributed by atoms with Crippen LogP contribution in [-0.2, 0) is 0 Å². The predicted octanol–water partition coefficient (Wildman–Crippen LogP) is 4.86. The molecule has 134 valence electrons. The van der Waals surface area contributed by atoms with E-state index in [4.69, 9.17) is 0 Å². The van der Waals surface area contributed by atoms with Gasteiger partial charge in [-0.25, -0.2) is 8.78 Å². The summed E-state index contributed by atoms with van der Waals surface area (Å²) in [5, 5.41) is 18.8. The summed E-state index contributed by atoms with van der Waals surface area (Å²) in [4.78, 5) is 7.61. The SMILES string of the molecule is CC1=N/C(=C(/c2ccc(F)cc2F)c2[nH]c(C)c(C#N)c2C)C(C)=C1C#N. The van der Waals surface area contributed by atoms with E-state index in [1.807, 2.05) is 0 Å². The molecule has 0 fully saturated rings. The van der Waals surface area contributed by atoms with Gasteiger partial charge in [-0.2, -0.15) is 10.5 Å². The number of nitrogens with one attached hydrogen (secondary N) is 1. The van der Waals surface area contributed by atoms with Gasteiger partial charge in [-0.15, -0.1) is 0 Å². The molecular formula is C21H16F2N4. The Morgan fingerprint density at radius 1 is 1.07 bits per heavy atom. The standard InChI is InChI=1S/C21H16F2N4/c1-10-16(8-24)12(3)26-20(10)19(15-6-5-14(22)7-18(15)23)21-11(2)17(9-25)13(4)27-21/h5-7,26H,1-4H3/b21-19-. The van der Waals surface area contributed by atoms with Crippen LogP contribution in [0.2, 0.25) is 0 Å². The number of aliphatic imine (C=N–C) groups is 1. The molecule has 0 saturated carbocycles. The second-order valence-corrected chi connectivity index (χ2v) is 6.39. The van der Waals surface area contributed by atoms with Crippen LogP contribution in [-0.4, -0.2) is 10.7 Å². The molecule has 0 spiro atoms. The highest BCUT2D eigenvalue weighted by Crippen LogP contribution is 2.38. The van der Waals surface area contributed by atoms with Gasteiger partial charge in [0.2, 0.25) is 0 Å². The normalized spacial score (nSPS) is 15.5. The molecular weight excluding hydrogens is 346 g/mol. The van der Waals surface area contributed by atoms with Crippen molar-refractivity contribution in [2.45, 2.75) is 27.7 Å². The number of rotatable bonds is 2. The van der Waals surface area contributed by atoms with Crippen LogP contribution in [0.4, 0.5) is 8.78 Å². The van der Waals surface area contributed by atoms with E-state index in [0.717, 1.165) is 6.07 Å². The van der Waals surface area contributed by atoms with Crippen molar-refractivity contribution in [1.82, 2.24) is 4.98 Å². The van der Waals surface area contributed by atoms with Gasteiger partial charge in [-0.3, -0.25) is 4.99 Å². The van der Waals surface area contributed by atoms with Crippen molar-refractivity contribution in [3.63, 3.8) is 0 Å². The molecule has 3 rings (SSSR count). The minimum atomic E-state index is -0.742. The number of hydrogen-bond acceptors (Lipinski definition) is 3. The predicted molar refractivity (Wildman–Crippen MR) is 98.8 cm³/mol. The number of aromatic amines is 1. The number of nitriles is 2. The van der Waals surface area contributed by atoms with Gasteiger partial charge in [0.25, 0.3) is 0 Å². The van der Waals surface area contributed by atoms with Crippen molar-refractivity contribution in [3.05, 3.63) is 74.8 Å². The molecule has 1 aromatic heterocycles. The van der Waals surface area contributed by atoms with Crippen molar-refractivity contribution in [3.8, 4) is 12.1 Å². The molecule has 1 aromatic carbocycles. The van der Waals surface area contributed by atoms with Gasteiger partial charge in [0.05, 0.1) is 28.2 Å². The van der Waals surface area contributed by atoms with Crippen LogP contribution in [0.15, 0.2) is 40.0 Å².